The van der Waals surface area contributed by atoms with Crippen LogP contribution in [0.15, 0.2) is 149 Å². The zero-order valence-corrected chi connectivity index (χ0v) is 69.8. The van der Waals surface area contributed by atoms with Crippen LogP contribution < -0.4 is 39.1 Å². The molecule has 0 aliphatic carbocycles. The quantitative estimate of drug-likeness (QED) is 0.0207. The minimum absolute atomic E-state index is 0.0211. The molecule has 5 aliphatic heterocycles. The second-order valence-corrected chi connectivity index (χ2v) is 34.5. The molecule has 1 fully saturated rings. The summed E-state index contributed by atoms with van der Waals surface area (Å²) >= 11 is 31.5. The number of ketones is 1. The summed E-state index contributed by atoms with van der Waals surface area (Å²) in [5.74, 6) is 2.27. The third kappa shape index (κ3) is 28.5. The number of nitrogen functional groups attached to an aromatic ring is 2. The molecule has 11 aromatic rings. The summed E-state index contributed by atoms with van der Waals surface area (Å²) < 4.78 is 16.2. The number of anilines is 4. The van der Waals surface area contributed by atoms with Gasteiger partial charge >= 0.3 is 16.9 Å². The summed E-state index contributed by atoms with van der Waals surface area (Å²) in [4.78, 5) is 98.4. The average Bonchev–Trinajstić information content (AvgIpc) is 1.63. The molecule has 1 unspecified atom stereocenters. The molecule has 36 heteroatoms. The molecule has 1 saturated heterocycles. The van der Waals surface area contributed by atoms with Gasteiger partial charge in [-0.1, -0.05) is 127 Å². The van der Waals surface area contributed by atoms with Crippen LogP contribution in [0.4, 0.5) is 23.5 Å². The topological polar surface area (TPSA) is 392 Å². The molecule has 114 heavy (non-hydrogen) atoms. The Morgan fingerprint density at radius 3 is 1.54 bits per heavy atom. The summed E-state index contributed by atoms with van der Waals surface area (Å²) in [5.41, 5.74) is 31.6. The number of H-pyrrole nitrogens is 3. The summed E-state index contributed by atoms with van der Waals surface area (Å²) in [5, 5.41) is 12.1. The Labute approximate surface area is 691 Å². The number of aromatic amines is 3. The van der Waals surface area contributed by atoms with E-state index in [1.165, 1.54) is 34.7 Å². The molecule has 5 aromatic carbocycles. The van der Waals surface area contributed by atoms with E-state index in [-0.39, 0.29) is 22.6 Å². The number of hydrogen-bond donors (Lipinski definition) is 8. The number of nitriles is 1. The van der Waals surface area contributed by atoms with Gasteiger partial charge in [-0.15, -0.1) is 0 Å². The number of nitrogens with one attached hydrogen (secondary N) is 5. The maximum Gasteiger partial charge on any atom is 0.339 e. The van der Waals surface area contributed by atoms with Gasteiger partial charge in [0.05, 0.1) is 58.4 Å². The molecule has 11 N–H and O–H groups in total. The lowest BCUT2D eigenvalue weighted by atomic mass is 9.96. The summed E-state index contributed by atoms with van der Waals surface area (Å²) in [6.45, 7) is 13.7. The van der Waals surface area contributed by atoms with E-state index >= 15 is 0 Å². The number of rotatable bonds is 10. The van der Waals surface area contributed by atoms with Crippen molar-refractivity contribution >= 4 is 131 Å². The molecule has 0 bridgehead atoms. The molecule has 1 atom stereocenters. The third-order valence-corrected chi connectivity index (χ3v) is 18.7. The van der Waals surface area contributed by atoms with Crippen LogP contribution in [0.5, 0.6) is 0 Å². The Kier molecular flexibility index (Phi) is 35.5. The molecule has 29 nitrogen and oxygen atoms in total. The largest absolute Gasteiger partial charge is 0.465 e. The van der Waals surface area contributed by atoms with E-state index in [4.69, 9.17) is 72.0 Å². The van der Waals surface area contributed by atoms with Crippen LogP contribution in [0, 0.1) is 17.2 Å². The number of carbonyl (C=O) groups excluding carboxylic acids is 2. The number of imidazole rings is 2. The van der Waals surface area contributed by atoms with Crippen molar-refractivity contribution in [1.82, 2.24) is 83.9 Å². The number of nitrogens with two attached hydrogens (primary N) is 3. The molecule has 604 valence electrons. The highest BCUT2D eigenvalue weighted by Crippen LogP contribution is 2.61. The molecule has 0 amide bonds. The van der Waals surface area contributed by atoms with Gasteiger partial charge < -0.3 is 62.1 Å². The van der Waals surface area contributed by atoms with Crippen molar-refractivity contribution in [3.05, 3.63) is 238 Å². The van der Waals surface area contributed by atoms with Crippen molar-refractivity contribution < 1.29 is 18.9 Å². The SMILES string of the molecule is CC#N.CCOC(=O)C1CCN(C)CC1=O.CN1CCc2c(Cl)nc(Cl)nc2C1.CN1CCc2c([nH]c(=O)[nH]c2=O)C1.CN1CCc2c(nc(-n3c(N)nc4ccccc43)nc2NCc2ccccc2)C1.CN1CCc2c(nc(Cl)nc2NCc2ccccc2)C1.NCc1ccccc1.Nc1nc2ccccc2[nH]1.O=P(Cl)(Cl)Cl. The van der Waals surface area contributed by atoms with Crippen LogP contribution >= 0.6 is 73.7 Å². The first kappa shape index (κ1) is 90.1. The van der Waals surface area contributed by atoms with E-state index < -0.39 is 16.8 Å². The molecule has 6 aromatic heterocycles. The number of nitrogens with zero attached hydrogens (tertiary/aromatic N) is 15. The van der Waals surface area contributed by atoms with Gasteiger partial charge in [-0.3, -0.25) is 28.8 Å². The Hall–Kier alpha value is -9.48. The Morgan fingerprint density at radius 1 is 0.561 bits per heavy atom. The van der Waals surface area contributed by atoms with E-state index in [1.807, 2.05) is 146 Å². The van der Waals surface area contributed by atoms with Crippen LogP contribution in [0.1, 0.15) is 82.0 Å². The first-order valence-corrected chi connectivity index (χ1v) is 42.0. The second kappa shape index (κ2) is 45.0. The number of ether oxygens (including phenoxy) is 1. The van der Waals surface area contributed by atoms with Crippen molar-refractivity contribution in [2.24, 2.45) is 11.7 Å². The summed E-state index contributed by atoms with van der Waals surface area (Å²) in [6, 6.07) is 48.0. The number of benzene rings is 5. The predicted octanol–water partition coefficient (Wildman–Crippen LogP) is 12.3. The molecular formula is C78H94Cl6N23O6P. The van der Waals surface area contributed by atoms with E-state index in [0.29, 0.717) is 73.9 Å². The number of carbonyl (C=O) groups is 2. The van der Waals surface area contributed by atoms with Gasteiger partial charge in [-0.25, -0.2) is 44.2 Å². The lowest BCUT2D eigenvalue weighted by Gasteiger charge is -2.26. The number of likely N-dealkylation sites (tertiary alicyclic amines) is 1. The van der Waals surface area contributed by atoms with E-state index in [0.717, 1.165) is 146 Å². The van der Waals surface area contributed by atoms with Gasteiger partial charge in [0.15, 0.2) is 11.7 Å². The van der Waals surface area contributed by atoms with Crippen LogP contribution in [-0.4, -0.2) is 177 Å². The number of para-hydroxylation sites is 4. The van der Waals surface area contributed by atoms with Crippen LogP contribution in [0.25, 0.3) is 28.0 Å². The van der Waals surface area contributed by atoms with Crippen molar-refractivity contribution in [3.8, 4) is 12.0 Å². The monoisotopic (exact) mass is 1690 g/mol. The maximum absolute atomic E-state index is 11.4. The third-order valence-electron chi connectivity index (χ3n) is 18.0. The van der Waals surface area contributed by atoms with Crippen molar-refractivity contribution in [1.29, 1.82) is 5.26 Å². The van der Waals surface area contributed by atoms with Crippen LogP contribution in [0.3, 0.4) is 0 Å². The Bertz CT molecular complexity index is 5120. The highest BCUT2D eigenvalue weighted by molar-refractivity contribution is 8.24. The predicted molar refractivity (Wildman–Crippen MR) is 454 cm³/mol. The molecule has 0 spiro atoms. The smallest absolute Gasteiger partial charge is 0.339 e. The van der Waals surface area contributed by atoms with Gasteiger partial charge in [-0.05, 0) is 179 Å². The number of hydrogen-bond acceptors (Lipinski definition) is 25. The molecule has 0 radical (unpaired) electrons. The number of aromatic nitrogens is 12. The fraction of sp³-hybridized carbons (Fsp3) is 0.346. The fourth-order valence-corrected chi connectivity index (χ4v) is 13.1. The Morgan fingerprint density at radius 2 is 1.02 bits per heavy atom. The number of likely N-dealkylation sites (N-methyl/N-ethyl adjacent to an activating group) is 5. The van der Waals surface area contributed by atoms with E-state index in [2.05, 4.69) is 147 Å². The van der Waals surface area contributed by atoms with Crippen LogP contribution in [0.2, 0.25) is 15.7 Å². The zero-order chi connectivity index (χ0) is 82.4. The normalized spacial score (nSPS) is 15.0. The Balaban J connectivity index is 0.000000170. The first-order chi connectivity index (χ1) is 54.6. The number of halogens is 6. The van der Waals surface area contributed by atoms with Crippen molar-refractivity contribution in [2.75, 3.05) is 103 Å². The average molecular weight is 1690 g/mol. The lowest BCUT2D eigenvalue weighted by Crippen LogP contribution is -2.42. The van der Waals surface area contributed by atoms with E-state index in [9.17, 15) is 23.7 Å². The lowest BCUT2D eigenvalue weighted by molar-refractivity contribution is -0.153. The van der Waals surface area contributed by atoms with Crippen molar-refractivity contribution in [3.63, 3.8) is 0 Å². The van der Waals surface area contributed by atoms with Gasteiger partial charge in [0.25, 0.3) is 5.56 Å². The maximum atomic E-state index is 11.4. The van der Waals surface area contributed by atoms with Gasteiger partial charge in [-0.2, -0.15) is 10.2 Å². The number of fused-ring (bicyclic) bond motifs is 6. The van der Waals surface area contributed by atoms with Gasteiger partial charge in [0.2, 0.25) is 22.5 Å². The molecular weight excluding hydrogens is 1600 g/mol. The van der Waals surface area contributed by atoms with Gasteiger partial charge in [0, 0.05) is 107 Å². The minimum atomic E-state index is -3.22. The standard InChI is InChI=1S/C22H23N7.C15H17ClN4.C9H15NO3.C8H9Cl2N3.C8H11N3O2.C7H7N3.C7H9N.C2H3N.Cl3OP/c1-28-12-11-16-18(14-28)26-22(27-20(16)24-13-15-7-3-2-4-8-15)29-19-10-6-5-9-17(19)25-21(29)23;1-20-8-7-12-13(10-20)18-15(16)19-14(12)17-9-11-5-3-2-4-6-11;1-3-13-9(12)7-4-5-10(2)6-8(7)11;1-13-3-2-5-6(4-13)11-8(10)12-7(5)9;1-11-3-2-5-6(4-11)9-8(13)10-7(5)12;8-7-9-5-3-1-2-4-6(5)10-7;8-6-7-4-2-1-3-5-7;1-2-3;1-5(2,3)4/h2-10H,11-14H2,1H3,(H2,23,25)(H,24,26,27);2-6H,7-10H2,1H3,(H,17,18,19);7H,3-6H2,1-2H3;2-4H2,1H3;2-4H2,1H3,(H2,9,10,12,13);1-4H,(H3,8,9,10);1-5H,6,8H2;1H3;. The minimum Gasteiger partial charge on any atom is -0.465 e. The molecule has 16 rings (SSSR count). The molecule has 0 saturated carbocycles. The van der Waals surface area contributed by atoms with Gasteiger partial charge in [0.1, 0.15) is 22.7 Å². The second-order valence-electron chi connectivity index (χ2n) is 26.8. The molecule has 5 aliphatic rings. The highest BCUT2D eigenvalue weighted by atomic mass is 36.0. The summed E-state index contributed by atoms with van der Waals surface area (Å²) in [6.07, 6.45) is 4.08. The first-order valence-electron chi connectivity index (χ1n) is 36.5. The molecule has 11 heterocycles. The fourth-order valence-electron chi connectivity index (χ4n) is 12.4. The van der Waals surface area contributed by atoms with Crippen molar-refractivity contribution in [2.45, 2.75) is 91.8 Å². The highest BCUT2D eigenvalue weighted by Gasteiger charge is 2.32. The summed E-state index contributed by atoms with van der Waals surface area (Å²) in [7, 11) is 10.1. The zero-order valence-electron chi connectivity index (χ0n) is 64.4. The van der Waals surface area contributed by atoms with E-state index in [1.54, 1.807) is 13.0 Å². The number of Topliss-reactive ketones (excluding diaryl/α,β-unsaturated/α-hetero) is 1. The number of esters is 1. The van der Waals surface area contributed by atoms with Crippen LogP contribution in [-0.2, 0) is 90.4 Å². The number of piperidine rings is 1.